The van der Waals surface area contributed by atoms with E-state index >= 15 is 0 Å². The zero-order chi connectivity index (χ0) is 12.3. The molecular formula is C15H15ClO2. The molecule has 3 heteroatoms. The van der Waals surface area contributed by atoms with E-state index in [2.05, 4.69) is 0 Å². The van der Waals surface area contributed by atoms with Gasteiger partial charge in [-0.15, -0.1) is 0 Å². The third-order valence-corrected chi connectivity index (χ3v) is 4.96. The van der Waals surface area contributed by atoms with Gasteiger partial charge in [-0.05, 0) is 61.8 Å². The van der Waals surface area contributed by atoms with Crippen molar-refractivity contribution in [1.82, 2.24) is 0 Å². The lowest BCUT2D eigenvalue weighted by molar-refractivity contribution is -0.0355. The predicted octanol–water partition coefficient (Wildman–Crippen LogP) is 4.09. The summed E-state index contributed by atoms with van der Waals surface area (Å²) in [6, 6.07) is 7.54. The largest absolute Gasteiger partial charge is 0.458 e. The quantitative estimate of drug-likeness (QED) is 0.840. The van der Waals surface area contributed by atoms with Gasteiger partial charge in [-0.2, -0.15) is 0 Å². The summed E-state index contributed by atoms with van der Waals surface area (Å²) in [4.78, 5) is 0. The van der Waals surface area contributed by atoms with Gasteiger partial charge in [0.15, 0.2) is 0 Å². The van der Waals surface area contributed by atoms with Gasteiger partial charge < -0.3 is 9.52 Å². The summed E-state index contributed by atoms with van der Waals surface area (Å²) >= 11 is 5.98. The maximum atomic E-state index is 10.9. The summed E-state index contributed by atoms with van der Waals surface area (Å²) in [7, 11) is 0. The van der Waals surface area contributed by atoms with Gasteiger partial charge in [-0.25, -0.2) is 0 Å². The van der Waals surface area contributed by atoms with Crippen molar-refractivity contribution in [3.8, 4) is 0 Å². The van der Waals surface area contributed by atoms with Crippen LogP contribution in [0.2, 0.25) is 5.02 Å². The van der Waals surface area contributed by atoms with E-state index in [1.54, 1.807) is 0 Å². The molecule has 1 aromatic carbocycles. The van der Waals surface area contributed by atoms with Crippen LogP contribution in [0.25, 0.3) is 11.0 Å². The molecule has 2 fully saturated rings. The fraction of sp³-hybridized carbons (Fsp3) is 0.467. The van der Waals surface area contributed by atoms with Crippen LogP contribution < -0.4 is 0 Å². The van der Waals surface area contributed by atoms with Crippen LogP contribution in [-0.4, -0.2) is 5.11 Å². The van der Waals surface area contributed by atoms with Crippen molar-refractivity contribution >= 4 is 22.6 Å². The van der Waals surface area contributed by atoms with Crippen LogP contribution in [-0.2, 0) is 5.60 Å². The lowest BCUT2D eigenvalue weighted by Gasteiger charge is -2.30. The Balaban J connectivity index is 1.83. The van der Waals surface area contributed by atoms with Gasteiger partial charge in [0.1, 0.15) is 16.9 Å². The smallest absolute Gasteiger partial charge is 0.137 e. The molecule has 2 bridgehead atoms. The van der Waals surface area contributed by atoms with E-state index in [1.807, 2.05) is 24.3 Å². The van der Waals surface area contributed by atoms with E-state index in [-0.39, 0.29) is 0 Å². The van der Waals surface area contributed by atoms with Gasteiger partial charge in [0.2, 0.25) is 0 Å². The van der Waals surface area contributed by atoms with Crippen molar-refractivity contribution < 1.29 is 9.52 Å². The number of hydrogen-bond acceptors (Lipinski definition) is 2. The Morgan fingerprint density at radius 3 is 2.89 bits per heavy atom. The van der Waals surface area contributed by atoms with Crippen LogP contribution in [0.1, 0.15) is 31.4 Å². The summed E-state index contributed by atoms with van der Waals surface area (Å²) in [5, 5.41) is 12.6. The van der Waals surface area contributed by atoms with Crippen molar-refractivity contribution in [1.29, 1.82) is 0 Å². The Kier molecular flexibility index (Phi) is 2.13. The molecule has 0 amide bonds. The van der Waals surface area contributed by atoms with Crippen molar-refractivity contribution in [3.05, 3.63) is 35.0 Å². The predicted molar refractivity (Wildman–Crippen MR) is 70.6 cm³/mol. The van der Waals surface area contributed by atoms with Crippen molar-refractivity contribution in [2.45, 2.75) is 31.3 Å². The molecule has 94 valence electrons. The zero-order valence-corrected chi connectivity index (χ0v) is 10.8. The van der Waals surface area contributed by atoms with Crippen LogP contribution in [0.5, 0.6) is 0 Å². The highest BCUT2D eigenvalue weighted by Crippen LogP contribution is 2.56. The minimum absolute atomic E-state index is 0.374. The van der Waals surface area contributed by atoms with Gasteiger partial charge in [0, 0.05) is 10.4 Å². The Morgan fingerprint density at radius 2 is 2.17 bits per heavy atom. The summed E-state index contributed by atoms with van der Waals surface area (Å²) < 4.78 is 5.85. The lowest BCUT2D eigenvalue weighted by atomic mass is 9.82. The number of benzene rings is 1. The minimum Gasteiger partial charge on any atom is -0.458 e. The van der Waals surface area contributed by atoms with Crippen molar-refractivity contribution in [3.63, 3.8) is 0 Å². The van der Waals surface area contributed by atoms with Crippen LogP contribution in [0.4, 0.5) is 0 Å². The maximum Gasteiger partial charge on any atom is 0.137 e. The number of rotatable bonds is 1. The Morgan fingerprint density at radius 1 is 1.28 bits per heavy atom. The number of hydrogen-bond donors (Lipinski definition) is 1. The summed E-state index contributed by atoms with van der Waals surface area (Å²) in [5.41, 5.74) is 0.0691. The second-order valence-corrected chi connectivity index (χ2v) is 6.23. The number of fused-ring (bicyclic) bond motifs is 3. The van der Waals surface area contributed by atoms with Crippen LogP contribution in [0, 0.1) is 11.8 Å². The third-order valence-electron chi connectivity index (χ3n) is 4.72. The number of halogens is 1. The molecule has 0 radical (unpaired) electrons. The average Bonchev–Trinajstić information content (AvgIpc) is 3.00. The Hall–Kier alpha value is -0.990. The molecule has 0 aliphatic heterocycles. The molecule has 0 spiro atoms. The highest BCUT2D eigenvalue weighted by Gasteiger charge is 2.52. The zero-order valence-electron chi connectivity index (χ0n) is 10.0. The average molecular weight is 263 g/mol. The first kappa shape index (κ1) is 10.9. The van der Waals surface area contributed by atoms with E-state index in [1.165, 1.54) is 6.42 Å². The fourth-order valence-corrected chi connectivity index (χ4v) is 4.01. The molecule has 18 heavy (non-hydrogen) atoms. The van der Waals surface area contributed by atoms with E-state index in [4.69, 9.17) is 16.0 Å². The topological polar surface area (TPSA) is 33.4 Å². The molecule has 1 aromatic heterocycles. The molecule has 2 aliphatic rings. The second-order valence-electron chi connectivity index (χ2n) is 5.80. The molecule has 2 aliphatic carbocycles. The maximum absolute atomic E-state index is 10.9. The first-order valence-corrected chi connectivity index (χ1v) is 6.95. The monoisotopic (exact) mass is 262 g/mol. The summed E-state index contributed by atoms with van der Waals surface area (Å²) in [6.45, 7) is 0. The van der Waals surface area contributed by atoms with Gasteiger partial charge in [-0.3, -0.25) is 0 Å². The van der Waals surface area contributed by atoms with E-state index in [9.17, 15) is 5.11 Å². The molecule has 2 aromatic rings. The first-order chi connectivity index (χ1) is 8.65. The van der Waals surface area contributed by atoms with Crippen molar-refractivity contribution in [2.75, 3.05) is 0 Å². The molecule has 1 N–H and O–H groups in total. The van der Waals surface area contributed by atoms with Gasteiger partial charge in [0.05, 0.1) is 0 Å². The molecule has 0 saturated heterocycles. The molecule has 4 rings (SSSR count). The molecule has 2 saturated carbocycles. The fourth-order valence-electron chi connectivity index (χ4n) is 3.83. The van der Waals surface area contributed by atoms with Crippen molar-refractivity contribution in [2.24, 2.45) is 11.8 Å². The molecule has 3 unspecified atom stereocenters. The van der Waals surface area contributed by atoms with Crippen LogP contribution in [0.3, 0.4) is 0 Å². The van der Waals surface area contributed by atoms with E-state index in [0.29, 0.717) is 16.9 Å². The Labute approximate surface area is 111 Å². The molecule has 2 nitrogen and oxygen atoms in total. The second kappa shape index (κ2) is 3.52. The van der Waals surface area contributed by atoms with Gasteiger partial charge in [0.25, 0.3) is 0 Å². The van der Waals surface area contributed by atoms with E-state index < -0.39 is 5.60 Å². The normalized spacial score (nSPS) is 34.6. The lowest BCUT2D eigenvalue weighted by Crippen LogP contribution is -2.31. The third kappa shape index (κ3) is 1.39. The standard InChI is InChI=1S/C15H15ClO2/c16-12-3-4-13-10(6-12)7-14(18-13)15(17)8-9-1-2-11(15)5-9/h3-4,6-7,9,11,17H,1-2,5,8H2. The number of aliphatic hydroxyl groups is 1. The number of furan rings is 1. The highest BCUT2D eigenvalue weighted by atomic mass is 35.5. The SMILES string of the molecule is OC1(c2cc3cc(Cl)ccc3o2)CC2CCC1C2. The minimum atomic E-state index is -0.742. The Bertz CT molecular complexity index is 618. The van der Waals surface area contributed by atoms with E-state index in [0.717, 1.165) is 36.0 Å². The highest BCUT2D eigenvalue weighted by molar-refractivity contribution is 6.31. The van der Waals surface area contributed by atoms with Crippen LogP contribution >= 0.6 is 11.6 Å². The molecule has 3 atom stereocenters. The first-order valence-electron chi connectivity index (χ1n) is 6.57. The molecule has 1 heterocycles. The summed E-state index contributed by atoms with van der Waals surface area (Å²) in [6.07, 6.45) is 4.39. The van der Waals surface area contributed by atoms with Gasteiger partial charge >= 0.3 is 0 Å². The van der Waals surface area contributed by atoms with Gasteiger partial charge in [-0.1, -0.05) is 11.6 Å². The molecular weight excluding hydrogens is 248 g/mol. The summed E-state index contributed by atoms with van der Waals surface area (Å²) in [5.74, 6) is 1.78. The van der Waals surface area contributed by atoms with Crippen LogP contribution in [0.15, 0.2) is 28.7 Å².